The van der Waals surface area contributed by atoms with Crippen molar-refractivity contribution in [2.24, 2.45) is 0 Å². The van der Waals surface area contributed by atoms with Gasteiger partial charge in [0, 0.05) is 23.0 Å². The van der Waals surface area contributed by atoms with Gasteiger partial charge in [0.2, 0.25) is 0 Å². The molecule has 0 spiro atoms. The van der Waals surface area contributed by atoms with E-state index >= 15 is 0 Å². The van der Waals surface area contributed by atoms with Gasteiger partial charge in [-0.25, -0.2) is 13.6 Å². The van der Waals surface area contributed by atoms with E-state index in [9.17, 15) is 13.6 Å². The molecule has 7 heteroatoms. The number of rotatable bonds is 4. The molecule has 2 rings (SSSR count). The molecular formula is C15H14F2N2O3. The minimum atomic E-state index is -2.73. The third-order valence-corrected chi connectivity index (χ3v) is 3.07. The summed E-state index contributed by atoms with van der Waals surface area (Å²) < 4.78 is 35.7. The highest BCUT2D eigenvalue weighted by atomic mass is 19.3. The number of hydrogen-bond donors (Lipinski definition) is 0. The van der Waals surface area contributed by atoms with Crippen LogP contribution in [0.1, 0.15) is 28.2 Å². The van der Waals surface area contributed by atoms with Gasteiger partial charge < -0.3 is 9.47 Å². The van der Waals surface area contributed by atoms with Crippen molar-refractivity contribution in [1.82, 2.24) is 9.97 Å². The zero-order valence-corrected chi connectivity index (χ0v) is 12.3. The summed E-state index contributed by atoms with van der Waals surface area (Å²) in [4.78, 5) is 19.6. The van der Waals surface area contributed by atoms with Crippen LogP contribution in [0.5, 0.6) is 5.75 Å². The smallest absolute Gasteiger partial charge is 0.340 e. The van der Waals surface area contributed by atoms with E-state index in [2.05, 4.69) is 9.97 Å². The van der Waals surface area contributed by atoms with Crippen molar-refractivity contribution < 1.29 is 23.0 Å². The number of hydrogen-bond acceptors (Lipinski definition) is 5. The number of ether oxygens (including phenoxy) is 2. The Bertz CT molecular complexity index is 705. The number of carbonyl (C=O) groups excluding carboxylic acids is 1. The van der Waals surface area contributed by atoms with Crippen molar-refractivity contribution in [2.75, 3.05) is 14.2 Å². The summed E-state index contributed by atoms with van der Waals surface area (Å²) in [6, 6.07) is 2.81. The van der Waals surface area contributed by atoms with Crippen LogP contribution in [0.3, 0.4) is 0 Å². The zero-order valence-electron chi connectivity index (χ0n) is 12.3. The predicted octanol–water partition coefficient (Wildman–Crippen LogP) is 3.18. The second-order valence-corrected chi connectivity index (χ2v) is 4.47. The van der Waals surface area contributed by atoms with Crippen LogP contribution in [0.25, 0.3) is 11.1 Å². The fourth-order valence-electron chi connectivity index (χ4n) is 2.01. The van der Waals surface area contributed by atoms with Crippen LogP contribution in [0.2, 0.25) is 0 Å². The fourth-order valence-corrected chi connectivity index (χ4v) is 2.01. The number of halogens is 2. The molecule has 0 aliphatic heterocycles. The van der Waals surface area contributed by atoms with Crippen molar-refractivity contribution in [3.8, 4) is 16.9 Å². The van der Waals surface area contributed by atoms with Gasteiger partial charge in [0.15, 0.2) is 0 Å². The first-order valence-electron chi connectivity index (χ1n) is 6.35. The molecule has 0 bridgehead atoms. The number of carbonyl (C=O) groups is 1. The van der Waals surface area contributed by atoms with Crippen molar-refractivity contribution in [3.63, 3.8) is 0 Å². The Balaban J connectivity index is 2.71. The molecule has 116 valence electrons. The van der Waals surface area contributed by atoms with E-state index in [1.165, 1.54) is 32.7 Å². The molecule has 0 aromatic carbocycles. The van der Waals surface area contributed by atoms with Crippen LogP contribution in [0, 0.1) is 6.92 Å². The molecule has 0 aliphatic carbocycles. The molecule has 2 aromatic heterocycles. The maximum Gasteiger partial charge on any atom is 0.340 e. The first kappa shape index (κ1) is 15.8. The topological polar surface area (TPSA) is 61.3 Å². The Morgan fingerprint density at radius 1 is 1.14 bits per heavy atom. The summed E-state index contributed by atoms with van der Waals surface area (Å²) in [5, 5.41) is 0. The van der Waals surface area contributed by atoms with Crippen molar-refractivity contribution in [1.29, 1.82) is 0 Å². The van der Waals surface area contributed by atoms with Crippen molar-refractivity contribution >= 4 is 5.97 Å². The molecule has 22 heavy (non-hydrogen) atoms. The number of esters is 1. The average Bonchev–Trinajstić information content (AvgIpc) is 2.53. The first-order valence-corrected chi connectivity index (χ1v) is 6.35. The van der Waals surface area contributed by atoms with Crippen LogP contribution >= 0.6 is 0 Å². The number of methoxy groups -OCH3 is 2. The Hall–Kier alpha value is -2.57. The fraction of sp³-hybridized carbons (Fsp3) is 0.267. The van der Waals surface area contributed by atoms with Crippen LogP contribution in [-0.2, 0) is 4.74 Å². The molecule has 0 saturated carbocycles. The second kappa shape index (κ2) is 6.46. The van der Waals surface area contributed by atoms with Gasteiger partial charge in [0.25, 0.3) is 6.43 Å². The van der Waals surface area contributed by atoms with Gasteiger partial charge >= 0.3 is 5.97 Å². The van der Waals surface area contributed by atoms with Gasteiger partial charge in [-0.05, 0) is 19.1 Å². The van der Waals surface area contributed by atoms with E-state index in [4.69, 9.17) is 9.47 Å². The van der Waals surface area contributed by atoms with E-state index in [-0.39, 0.29) is 11.3 Å². The average molecular weight is 308 g/mol. The zero-order chi connectivity index (χ0) is 16.3. The van der Waals surface area contributed by atoms with E-state index in [1.54, 1.807) is 13.0 Å². The van der Waals surface area contributed by atoms with Gasteiger partial charge in [-0.1, -0.05) is 0 Å². The molecule has 0 radical (unpaired) electrons. The molecule has 0 atom stereocenters. The Labute approximate surface area is 125 Å². The largest absolute Gasteiger partial charge is 0.494 e. The number of aromatic nitrogens is 2. The highest BCUT2D eigenvalue weighted by Crippen LogP contribution is 2.34. The third-order valence-electron chi connectivity index (χ3n) is 3.07. The summed E-state index contributed by atoms with van der Waals surface area (Å²) in [6.45, 7) is 1.73. The van der Waals surface area contributed by atoms with Crippen LogP contribution < -0.4 is 4.74 Å². The molecular weight excluding hydrogens is 294 g/mol. The van der Waals surface area contributed by atoms with Crippen molar-refractivity contribution in [2.45, 2.75) is 13.3 Å². The molecule has 0 aliphatic rings. The lowest BCUT2D eigenvalue weighted by atomic mass is 10.00. The molecule has 0 saturated heterocycles. The summed E-state index contributed by atoms with van der Waals surface area (Å²) in [5.74, 6) is -0.333. The second-order valence-electron chi connectivity index (χ2n) is 4.47. The minimum absolute atomic E-state index is 0.165. The van der Waals surface area contributed by atoms with E-state index < -0.39 is 18.1 Å². The molecule has 0 fully saturated rings. The van der Waals surface area contributed by atoms with Gasteiger partial charge in [-0.2, -0.15) is 0 Å². The van der Waals surface area contributed by atoms with Crippen LogP contribution in [0.4, 0.5) is 8.78 Å². The summed E-state index contributed by atoms with van der Waals surface area (Å²) in [5.41, 5.74) is 1.12. The monoisotopic (exact) mass is 308 g/mol. The minimum Gasteiger partial charge on any atom is -0.494 e. The molecule has 5 nitrogen and oxygen atoms in total. The van der Waals surface area contributed by atoms with Crippen LogP contribution in [-0.4, -0.2) is 30.2 Å². The Morgan fingerprint density at radius 2 is 1.86 bits per heavy atom. The highest BCUT2D eigenvalue weighted by Gasteiger charge is 2.20. The summed E-state index contributed by atoms with van der Waals surface area (Å²) in [6.07, 6.45) is -0.180. The van der Waals surface area contributed by atoms with Crippen molar-refractivity contribution in [3.05, 3.63) is 41.5 Å². The number of pyridine rings is 2. The highest BCUT2D eigenvalue weighted by molar-refractivity contribution is 5.97. The summed E-state index contributed by atoms with van der Waals surface area (Å²) >= 11 is 0. The maximum absolute atomic E-state index is 12.9. The van der Waals surface area contributed by atoms with Gasteiger partial charge in [-0.3, -0.25) is 9.97 Å². The molecule has 0 unspecified atom stereocenters. The molecule has 0 N–H and O–H groups in total. The quantitative estimate of drug-likeness (QED) is 0.812. The van der Waals surface area contributed by atoms with Crippen LogP contribution in [0.15, 0.2) is 24.5 Å². The molecule has 0 amide bonds. The Morgan fingerprint density at radius 3 is 2.45 bits per heavy atom. The van der Waals surface area contributed by atoms with Gasteiger partial charge in [-0.15, -0.1) is 0 Å². The van der Waals surface area contributed by atoms with E-state index in [1.807, 2.05) is 0 Å². The predicted molar refractivity (Wildman–Crippen MR) is 75.1 cm³/mol. The maximum atomic E-state index is 12.9. The van der Waals surface area contributed by atoms with Gasteiger partial charge in [0.05, 0.1) is 26.0 Å². The third kappa shape index (κ3) is 3.03. The SMILES string of the molecule is COC(=O)c1cnc(C)cc1-c1cc(C(F)F)ncc1OC. The Kier molecular flexibility index (Phi) is 4.65. The lowest BCUT2D eigenvalue weighted by Gasteiger charge is -2.13. The standard InChI is InChI=1S/C15H14F2N2O3/c1-8-4-9(11(6-18-8)15(20)22-3)10-5-12(14(16)17)19-7-13(10)21-2/h4-7,14H,1-3H3. The lowest BCUT2D eigenvalue weighted by molar-refractivity contribution is 0.0601. The number of alkyl halides is 2. The van der Waals surface area contributed by atoms with E-state index in [0.29, 0.717) is 16.8 Å². The van der Waals surface area contributed by atoms with Gasteiger partial charge in [0.1, 0.15) is 11.4 Å². The number of aryl methyl sites for hydroxylation is 1. The lowest BCUT2D eigenvalue weighted by Crippen LogP contribution is -2.06. The normalized spacial score (nSPS) is 10.6. The number of nitrogens with zero attached hydrogens (tertiary/aromatic N) is 2. The first-order chi connectivity index (χ1) is 10.5. The molecule has 2 heterocycles. The van der Waals surface area contributed by atoms with E-state index in [0.717, 1.165) is 0 Å². The summed E-state index contributed by atoms with van der Waals surface area (Å²) in [7, 11) is 2.63. The molecule has 2 aromatic rings.